The van der Waals surface area contributed by atoms with Gasteiger partial charge in [0.2, 0.25) is 5.95 Å². The lowest BCUT2D eigenvalue weighted by atomic mass is 10.0. The van der Waals surface area contributed by atoms with E-state index in [0.717, 1.165) is 29.2 Å². The zero-order valence-electron chi connectivity index (χ0n) is 12.5. The highest BCUT2D eigenvalue weighted by molar-refractivity contribution is 9.10. The molecular weight excluding hydrogens is 334 g/mol. The summed E-state index contributed by atoms with van der Waals surface area (Å²) in [6.45, 7) is 7.85. The van der Waals surface area contributed by atoms with Crippen LogP contribution >= 0.6 is 15.9 Å². The van der Waals surface area contributed by atoms with Gasteiger partial charge in [-0.1, -0.05) is 0 Å². The van der Waals surface area contributed by atoms with Crippen LogP contribution in [-0.2, 0) is 9.47 Å². The number of halogens is 1. The van der Waals surface area contributed by atoms with Crippen LogP contribution < -0.4 is 4.90 Å². The van der Waals surface area contributed by atoms with Crippen molar-refractivity contribution in [2.45, 2.75) is 45.0 Å². The average Bonchev–Trinajstić information content (AvgIpc) is 2.84. The van der Waals surface area contributed by atoms with Gasteiger partial charge in [-0.05, 0) is 42.8 Å². The van der Waals surface area contributed by atoms with E-state index in [0.29, 0.717) is 0 Å². The van der Waals surface area contributed by atoms with Crippen LogP contribution in [0.3, 0.4) is 0 Å². The van der Waals surface area contributed by atoms with Crippen molar-refractivity contribution in [2.75, 3.05) is 18.0 Å². The largest absolute Gasteiger partial charge is 0.498 e. The maximum absolute atomic E-state index is 5.77. The van der Waals surface area contributed by atoms with Gasteiger partial charge in [0.05, 0.1) is 34.6 Å². The third-order valence-corrected chi connectivity index (χ3v) is 4.47. The number of anilines is 1. The Balaban J connectivity index is 1.88. The highest BCUT2D eigenvalue weighted by Crippen LogP contribution is 2.32. The van der Waals surface area contributed by atoms with Crippen LogP contribution in [0.2, 0.25) is 0 Å². The minimum Gasteiger partial charge on any atom is -0.498 e. The number of nitrogens with zero attached hydrogens (tertiary/aromatic N) is 3. The van der Waals surface area contributed by atoms with E-state index in [4.69, 9.17) is 14.5 Å². The average molecular weight is 354 g/mol. The molecule has 0 aromatic carbocycles. The first kappa shape index (κ1) is 14.8. The lowest BCUT2D eigenvalue weighted by molar-refractivity contribution is -0.00574. The third-order valence-electron chi connectivity index (χ3n) is 3.86. The molecule has 2 aliphatic heterocycles. The van der Waals surface area contributed by atoms with E-state index in [1.807, 2.05) is 12.3 Å². The number of ether oxygens (including phenoxy) is 2. The Bertz CT molecular complexity index is 542. The van der Waals surface area contributed by atoms with Crippen molar-refractivity contribution >= 4 is 21.9 Å². The minimum absolute atomic E-state index is 0.103. The van der Waals surface area contributed by atoms with Crippen molar-refractivity contribution in [3.63, 3.8) is 0 Å². The Morgan fingerprint density at radius 1 is 1.24 bits per heavy atom. The van der Waals surface area contributed by atoms with Crippen LogP contribution in [0.4, 0.5) is 5.95 Å². The summed E-state index contributed by atoms with van der Waals surface area (Å²) < 4.78 is 12.2. The Morgan fingerprint density at radius 3 is 2.57 bits per heavy atom. The first-order chi connectivity index (χ1) is 10.0. The Labute approximate surface area is 133 Å². The topological polar surface area (TPSA) is 47.5 Å². The van der Waals surface area contributed by atoms with Gasteiger partial charge in [-0.15, -0.1) is 0 Å². The minimum atomic E-state index is 0.103. The van der Waals surface area contributed by atoms with Gasteiger partial charge in [0.25, 0.3) is 0 Å². The van der Waals surface area contributed by atoms with Gasteiger partial charge >= 0.3 is 0 Å². The molecular formula is C15H20BrN3O2. The van der Waals surface area contributed by atoms with E-state index >= 15 is 0 Å². The maximum Gasteiger partial charge on any atom is 0.225 e. The van der Waals surface area contributed by atoms with Gasteiger partial charge in [0.1, 0.15) is 6.10 Å². The van der Waals surface area contributed by atoms with E-state index in [-0.39, 0.29) is 24.2 Å². The van der Waals surface area contributed by atoms with E-state index < -0.39 is 0 Å². The lowest BCUT2D eigenvalue weighted by Crippen LogP contribution is -2.46. The fourth-order valence-corrected chi connectivity index (χ4v) is 3.36. The lowest BCUT2D eigenvalue weighted by Gasteiger charge is -2.35. The van der Waals surface area contributed by atoms with Gasteiger partial charge < -0.3 is 14.4 Å². The molecule has 3 heterocycles. The quantitative estimate of drug-likeness (QED) is 0.817. The number of rotatable bonds is 2. The van der Waals surface area contributed by atoms with Crippen LogP contribution in [-0.4, -0.2) is 41.4 Å². The molecule has 21 heavy (non-hydrogen) atoms. The molecule has 0 saturated carbocycles. The number of aromatic nitrogens is 2. The third kappa shape index (κ3) is 3.06. The molecule has 0 bridgehead atoms. The number of hydrogen-bond acceptors (Lipinski definition) is 5. The summed E-state index contributed by atoms with van der Waals surface area (Å²) in [5, 5.41) is 0. The summed E-state index contributed by atoms with van der Waals surface area (Å²) in [5.41, 5.74) is 0.980. The molecule has 2 aliphatic rings. The normalized spacial score (nSPS) is 32.3. The van der Waals surface area contributed by atoms with Crippen LogP contribution in [0.5, 0.6) is 0 Å². The molecule has 1 aromatic heterocycles. The predicted octanol–water partition coefficient (Wildman–Crippen LogP) is 2.87. The zero-order chi connectivity index (χ0) is 15.0. The molecule has 4 atom stereocenters. The smallest absolute Gasteiger partial charge is 0.225 e. The monoisotopic (exact) mass is 353 g/mol. The highest BCUT2D eigenvalue weighted by atomic mass is 79.9. The first-order valence-electron chi connectivity index (χ1n) is 7.29. The summed E-state index contributed by atoms with van der Waals surface area (Å²) in [5.74, 6) is 0.930. The summed E-state index contributed by atoms with van der Waals surface area (Å²) in [4.78, 5) is 11.4. The Kier molecular flexibility index (Phi) is 4.17. The first-order valence-corrected chi connectivity index (χ1v) is 8.09. The van der Waals surface area contributed by atoms with Crippen LogP contribution in [0.15, 0.2) is 23.0 Å². The number of morpholine rings is 1. The van der Waals surface area contributed by atoms with Crippen molar-refractivity contribution < 1.29 is 9.47 Å². The van der Waals surface area contributed by atoms with Gasteiger partial charge in [0.15, 0.2) is 0 Å². The molecule has 114 valence electrons. The molecule has 0 amide bonds. The standard InChI is InChI=1S/C15H20BrN3O2/c1-9-7-19(8-10(2)21-9)15-17-6-13(16)14(18-15)12-4-5-20-11(12)3/h4-6,9-12H,7-8H2,1-3H3/t9-,10+,11?,12?. The van der Waals surface area contributed by atoms with E-state index in [9.17, 15) is 0 Å². The van der Waals surface area contributed by atoms with Crippen molar-refractivity contribution in [2.24, 2.45) is 0 Å². The van der Waals surface area contributed by atoms with Crippen LogP contribution in [0, 0.1) is 0 Å². The molecule has 1 aromatic rings. The number of hydrogen-bond donors (Lipinski definition) is 0. The molecule has 3 rings (SSSR count). The van der Waals surface area contributed by atoms with E-state index in [2.05, 4.69) is 46.6 Å². The summed E-state index contributed by atoms with van der Waals surface area (Å²) in [6.07, 6.45) is 6.12. The molecule has 0 aliphatic carbocycles. The summed E-state index contributed by atoms with van der Waals surface area (Å²) >= 11 is 3.56. The van der Waals surface area contributed by atoms with Gasteiger partial charge in [0, 0.05) is 19.3 Å². The van der Waals surface area contributed by atoms with Crippen molar-refractivity contribution in [3.8, 4) is 0 Å². The molecule has 2 unspecified atom stereocenters. The van der Waals surface area contributed by atoms with Crippen molar-refractivity contribution in [1.82, 2.24) is 9.97 Å². The van der Waals surface area contributed by atoms with Crippen molar-refractivity contribution in [3.05, 3.63) is 28.7 Å². The summed E-state index contributed by atoms with van der Waals surface area (Å²) in [7, 11) is 0. The second kappa shape index (κ2) is 5.93. The van der Waals surface area contributed by atoms with E-state index in [1.165, 1.54) is 0 Å². The van der Waals surface area contributed by atoms with Gasteiger partial charge in [-0.2, -0.15) is 0 Å². The summed E-state index contributed by atoms with van der Waals surface area (Å²) in [6, 6.07) is 0. The predicted molar refractivity (Wildman–Crippen MR) is 84.4 cm³/mol. The molecule has 1 fully saturated rings. The zero-order valence-corrected chi connectivity index (χ0v) is 14.1. The molecule has 0 spiro atoms. The molecule has 5 nitrogen and oxygen atoms in total. The van der Waals surface area contributed by atoms with Crippen LogP contribution in [0.25, 0.3) is 0 Å². The van der Waals surface area contributed by atoms with Gasteiger partial charge in [-0.25, -0.2) is 9.97 Å². The Morgan fingerprint density at radius 2 is 1.95 bits per heavy atom. The second-order valence-corrected chi connectivity index (χ2v) is 6.62. The Hall–Kier alpha value is -1.14. The van der Waals surface area contributed by atoms with Crippen LogP contribution in [0.1, 0.15) is 32.4 Å². The fraction of sp³-hybridized carbons (Fsp3) is 0.600. The fourth-order valence-electron chi connectivity index (χ4n) is 2.91. The molecule has 0 N–H and O–H groups in total. The SMILES string of the molecule is CC1OC=CC1c1nc(N2C[C@@H](C)O[C@@H](C)C2)ncc1Br. The molecule has 6 heteroatoms. The highest BCUT2D eigenvalue weighted by Gasteiger charge is 2.28. The van der Waals surface area contributed by atoms with E-state index in [1.54, 1.807) is 6.26 Å². The molecule has 1 saturated heterocycles. The second-order valence-electron chi connectivity index (χ2n) is 5.76. The maximum atomic E-state index is 5.77. The van der Waals surface area contributed by atoms with Gasteiger partial charge in [-0.3, -0.25) is 0 Å². The molecule has 0 radical (unpaired) electrons. The van der Waals surface area contributed by atoms with Crippen molar-refractivity contribution in [1.29, 1.82) is 0 Å².